The summed E-state index contributed by atoms with van der Waals surface area (Å²) in [5.41, 5.74) is 1.25. The van der Waals surface area contributed by atoms with E-state index in [1.54, 1.807) is 35.5 Å². The van der Waals surface area contributed by atoms with Gasteiger partial charge < -0.3 is 24.4 Å². The van der Waals surface area contributed by atoms with Crippen LogP contribution in [-0.4, -0.2) is 55.7 Å². The van der Waals surface area contributed by atoms with Crippen LogP contribution in [0.15, 0.2) is 48.3 Å². The molecule has 30 heavy (non-hydrogen) atoms. The van der Waals surface area contributed by atoms with Gasteiger partial charge in [0.25, 0.3) is 11.7 Å². The molecule has 1 aromatic carbocycles. The van der Waals surface area contributed by atoms with Crippen molar-refractivity contribution < 1.29 is 34.1 Å². The molecule has 2 aliphatic rings. The van der Waals surface area contributed by atoms with Crippen molar-refractivity contribution in [1.82, 2.24) is 4.90 Å². The summed E-state index contributed by atoms with van der Waals surface area (Å²) in [6.07, 6.45) is 4.22. The molecule has 3 heterocycles. The van der Waals surface area contributed by atoms with Gasteiger partial charge in [-0.2, -0.15) is 0 Å². The molecule has 0 bridgehead atoms. The Morgan fingerprint density at radius 1 is 1.17 bits per heavy atom. The van der Waals surface area contributed by atoms with Crippen LogP contribution in [0, 0.1) is 0 Å². The van der Waals surface area contributed by atoms with E-state index in [1.165, 1.54) is 4.90 Å². The van der Waals surface area contributed by atoms with Crippen molar-refractivity contribution in [2.24, 2.45) is 0 Å². The van der Waals surface area contributed by atoms with Crippen molar-refractivity contribution >= 4 is 17.4 Å². The molecule has 3 N–H and O–H groups in total. The number of fused-ring (bicyclic) bond motifs is 1. The van der Waals surface area contributed by atoms with Gasteiger partial charge in [0.05, 0.1) is 32.3 Å². The van der Waals surface area contributed by atoms with Crippen LogP contribution in [0.4, 0.5) is 0 Å². The van der Waals surface area contributed by atoms with E-state index in [2.05, 4.69) is 4.98 Å². The third-order valence-electron chi connectivity index (χ3n) is 5.32. The van der Waals surface area contributed by atoms with Crippen molar-refractivity contribution in [2.75, 3.05) is 34.0 Å². The molecular formula is C22H25N3O5+2. The smallest absolute Gasteiger partial charge is 0.295 e. The number of Topliss-reactive ketones (excluding diaryl/α,β-unsaturated/α-hetero) is 1. The van der Waals surface area contributed by atoms with Crippen molar-refractivity contribution in [3.05, 3.63) is 59.4 Å². The number of ketones is 1. The van der Waals surface area contributed by atoms with Crippen LogP contribution in [0.5, 0.6) is 11.5 Å². The van der Waals surface area contributed by atoms with Gasteiger partial charge in [0.2, 0.25) is 6.79 Å². The maximum atomic E-state index is 13.0. The lowest BCUT2D eigenvalue weighted by atomic mass is 9.96. The summed E-state index contributed by atoms with van der Waals surface area (Å²) in [4.78, 5) is 31.6. The summed E-state index contributed by atoms with van der Waals surface area (Å²) in [6, 6.07) is 7.93. The van der Waals surface area contributed by atoms with E-state index in [4.69, 9.17) is 9.47 Å². The molecule has 2 aliphatic heterocycles. The number of nitrogens with one attached hydrogen (secondary N) is 2. The van der Waals surface area contributed by atoms with Crippen molar-refractivity contribution in [3.63, 3.8) is 0 Å². The highest BCUT2D eigenvalue weighted by Crippen LogP contribution is 2.41. The van der Waals surface area contributed by atoms with E-state index in [0.29, 0.717) is 23.6 Å². The molecule has 1 unspecified atom stereocenters. The number of nitrogens with zero attached hydrogens (tertiary/aromatic N) is 1. The number of H-pyrrole nitrogens is 1. The molecular weight excluding hydrogens is 386 g/mol. The molecule has 1 saturated heterocycles. The van der Waals surface area contributed by atoms with Gasteiger partial charge in [-0.05, 0) is 23.8 Å². The number of aliphatic hydroxyl groups excluding tert-OH is 1. The topological polar surface area (TPSA) is 94.7 Å². The Morgan fingerprint density at radius 2 is 1.90 bits per heavy atom. The van der Waals surface area contributed by atoms with Crippen molar-refractivity contribution in [2.45, 2.75) is 12.5 Å². The number of aromatic amines is 1. The van der Waals surface area contributed by atoms with Gasteiger partial charge in [-0.1, -0.05) is 0 Å². The average Bonchev–Trinajstić information content (AvgIpc) is 3.31. The summed E-state index contributed by atoms with van der Waals surface area (Å²) in [7, 11) is 4.08. The largest absolute Gasteiger partial charge is 0.507 e. The molecule has 0 aliphatic carbocycles. The fraction of sp³-hybridized carbons (Fsp3) is 0.318. The molecule has 156 valence electrons. The molecule has 0 saturated carbocycles. The quantitative estimate of drug-likeness (QED) is 0.402. The Morgan fingerprint density at radius 3 is 2.63 bits per heavy atom. The van der Waals surface area contributed by atoms with E-state index in [1.807, 2.05) is 26.2 Å². The van der Waals surface area contributed by atoms with Crippen LogP contribution >= 0.6 is 0 Å². The predicted octanol–water partition coefficient (Wildman–Crippen LogP) is 0.186. The second-order valence-electron chi connectivity index (χ2n) is 7.70. The Hall–Kier alpha value is -3.39. The van der Waals surface area contributed by atoms with Crippen LogP contribution in [0.25, 0.3) is 5.76 Å². The Labute approximate surface area is 174 Å². The molecule has 1 atom stereocenters. The van der Waals surface area contributed by atoms with Crippen LogP contribution in [-0.2, 0) is 9.59 Å². The second-order valence-corrected chi connectivity index (χ2v) is 7.70. The third-order valence-corrected chi connectivity index (χ3v) is 5.32. The number of ether oxygens (including phenoxy) is 2. The number of benzene rings is 1. The number of hydrogen-bond acceptors (Lipinski definition) is 5. The van der Waals surface area contributed by atoms with Crippen molar-refractivity contribution in [1.29, 1.82) is 0 Å². The van der Waals surface area contributed by atoms with Crippen molar-refractivity contribution in [3.8, 4) is 11.5 Å². The molecule has 1 fully saturated rings. The van der Waals surface area contributed by atoms with Gasteiger partial charge in [-0.15, -0.1) is 0 Å². The zero-order valence-corrected chi connectivity index (χ0v) is 17.0. The minimum Gasteiger partial charge on any atom is -0.507 e. The number of carbonyl (C=O) groups is 2. The lowest BCUT2D eigenvalue weighted by Crippen LogP contribution is -3.05. The highest BCUT2D eigenvalue weighted by molar-refractivity contribution is 6.46. The minimum absolute atomic E-state index is 0.0854. The lowest BCUT2D eigenvalue weighted by Gasteiger charge is -2.25. The molecule has 4 rings (SSSR count). The number of aromatic nitrogens is 1. The van der Waals surface area contributed by atoms with Crippen LogP contribution < -0.4 is 19.4 Å². The molecule has 2 aromatic rings. The highest BCUT2D eigenvalue weighted by atomic mass is 16.7. The maximum Gasteiger partial charge on any atom is 0.295 e. The first kappa shape index (κ1) is 19.9. The Bertz CT molecular complexity index is 1000. The number of amides is 1. The molecule has 0 spiro atoms. The van der Waals surface area contributed by atoms with Crippen LogP contribution in [0.1, 0.15) is 23.6 Å². The Balaban J connectivity index is 1.77. The predicted molar refractivity (Wildman–Crippen MR) is 107 cm³/mol. The number of hydrogen-bond donors (Lipinski definition) is 2. The molecule has 8 heteroatoms. The maximum absolute atomic E-state index is 13.0. The first-order chi connectivity index (χ1) is 14.5. The number of quaternary nitrogens is 1. The summed E-state index contributed by atoms with van der Waals surface area (Å²) in [5.74, 6) is -0.421. The normalized spacial score (nSPS) is 19.7. The fourth-order valence-electron chi connectivity index (χ4n) is 3.84. The standard InChI is InChI=1S/C22H23N3O5/c1-24(2)10-3-11-25-19(14-6-8-23-9-7-14)18(21(27)22(25)28)20(26)15-4-5-16-17(12-15)30-13-29-16/h4-9,12,19,26H,3,10-11,13H2,1-2H3/p+2. The monoisotopic (exact) mass is 411 g/mol. The summed E-state index contributed by atoms with van der Waals surface area (Å²) >= 11 is 0. The molecule has 0 radical (unpaired) electrons. The van der Waals surface area contributed by atoms with Gasteiger partial charge >= 0.3 is 0 Å². The molecule has 1 amide bonds. The minimum atomic E-state index is -0.680. The van der Waals surface area contributed by atoms with E-state index in [9.17, 15) is 14.7 Å². The zero-order chi connectivity index (χ0) is 21.3. The number of pyridine rings is 1. The number of carbonyl (C=O) groups excluding carboxylic acids is 2. The zero-order valence-electron chi connectivity index (χ0n) is 17.0. The second kappa shape index (κ2) is 8.16. The molecule has 1 aromatic heterocycles. The first-order valence-electron chi connectivity index (χ1n) is 9.91. The number of aliphatic hydroxyl groups is 1. The van der Waals surface area contributed by atoms with Gasteiger partial charge in [-0.25, -0.2) is 4.98 Å². The van der Waals surface area contributed by atoms with Crippen LogP contribution in [0.2, 0.25) is 0 Å². The van der Waals surface area contributed by atoms with Gasteiger partial charge in [-0.3, -0.25) is 9.59 Å². The lowest BCUT2D eigenvalue weighted by molar-refractivity contribution is -0.858. The van der Waals surface area contributed by atoms with Gasteiger partial charge in [0.15, 0.2) is 23.9 Å². The SMILES string of the molecule is C[NH+](C)CCCN1C(=O)C(=O)C(=C(O)c2ccc3c(c2)OCO3)C1c1cc[nH+]cc1. The van der Waals surface area contributed by atoms with E-state index >= 15 is 0 Å². The van der Waals surface area contributed by atoms with Gasteiger partial charge in [0.1, 0.15) is 5.76 Å². The fourth-order valence-corrected chi connectivity index (χ4v) is 3.84. The van der Waals surface area contributed by atoms with Gasteiger partial charge in [0, 0.05) is 30.7 Å². The average molecular weight is 411 g/mol. The number of likely N-dealkylation sites (tertiary alicyclic amines) is 1. The third kappa shape index (κ3) is 3.61. The summed E-state index contributed by atoms with van der Waals surface area (Å²) in [5, 5.41) is 11.1. The number of rotatable bonds is 6. The highest BCUT2D eigenvalue weighted by Gasteiger charge is 2.46. The van der Waals surface area contributed by atoms with Crippen LogP contribution in [0.3, 0.4) is 0 Å². The summed E-state index contributed by atoms with van der Waals surface area (Å²) in [6.45, 7) is 1.40. The van der Waals surface area contributed by atoms with E-state index < -0.39 is 17.7 Å². The van der Waals surface area contributed by atoms with E-state index in [0.717, 1.165) is 18.5 Å². The first-order valence-corrected chi connectivity index (χ1v) is 9.91. The molecule has 8 nitrogen and oxygen atoms in total. The van der Waals surface area contributed by atoms with E-state index in [-0.39, 0.29) is 18.1 Å². The Kier molecular flexibility index (Phi) is 5.41. The summed E-state index contributed by atoms with van der Waals surface area (Å²) < 4.78 is 10.7.